The van der Waals surface area contributed by atoms with Gasteiger partial charge in [0.15, 0.2) is 0 Å². The highest BCUT2D eigenvalue weighted by Gasteiger charge is 2.17. The molecule has 0 aliphatic carbocycles. The molecule has 0 spiro atoms. The second-order valence-electron chi connectivity index (χ2n) is 6.86. The van der Waals surface area contributed by atoms with Crippen molar-refractivity contribution in [1.29, 1.82) is 0 Å². The third-order valence-corrected chi connectivity index (χ3v) is 4.97. The Morgan fingerprint density at radius 1 is 1.11 bits per heavy atom. The summed E-state index contributed by atoms with van der Waals surface area (Å²) in [7, 11) is 0. The van der Waals surface area contributed by atoms with Gasteiger partial charge in [-0.2, -0.15) is 0 Å². The van der Waals surface area contributed by atoms with Crippen molar-refractivity contribution in [2.45, 2.75) is 6.42 Å². The summed E-state index contributed by atoms with van der Waals surface area (Å²) in [6.45, 7) is 5.07. The summed E-state index contributed by atoms with van der Waals surface area (Å²) < 4.78 is 5.71. The Hall–Kier alpha value is -3.13. The van der Waals surface area contributed by atoms with Crippen LogP contribution in [-0.2, 0) is 0 Å². The number of fused-ring (bicyclic) bond motifs is 1. The van der Waals surface area contributed by atoms with E-state index in [9.17, 15) is 10.1 Å². The number of para-hydroxylation sites is 2. The molecule has 1 aliphatic rings. The molecule has 0 amide bonds. The number of nitro groups is 1. The number of ether oxygens (including phenoxy) is 1. The molecule has 1 aliphatic heterocycles. The molecule has 4 rings (SSSR count). The molecular formula is C20H23N5O3. The minimum Gasteiger partial charge on any atom is -0.492 e. The molecule has 0 saturated carbocycles. The van der Waals surface area contributed by atoms with Gasteiger partial charge < -0.3 is 14.6 Å². The van der Waals surface area contributed by atoms with E-state index in [0.717, 1.165) is 56.1 Å². The molecule has 8 nitrogen and oxygen atoms in total. The number of benzene rings is 2. The summed E-state index contributed by atoms with van der Waals surface area (Å²) in [5, 5.41) is 10.8. The number of non-ortho nitro benzene ring substituents is 1. The van der Waals surface area contributed by atoms with Gasteiger partial charge in [0.2, 0.25) is 5.95 Å². The van der Waals surface area contributed by atoms with Gasteiger partial charge in [0.25, 0.3) is 5.69 Å². The van der Waals surface area contributed by atoms with Gasteiger partial charge in [-0.25, -0.2) is 4.98 Å². The van der Waals surface area contributed by atoms with Gasteiger partial charge in [0, 0.05) is 38.8 Å². The summed E-state index contributed by atoms with van der Waals surface area (Å²) in [4.78, 5) is 23.2. The minimum absolute atomic E-state index is 0.0498. The zero-order valence-corrected chi connectivity index (χ0v) is 15.6. The maximum atomic E-state index is 10.8. The van der Waals surface area contributed by atoms with E-state index in [1.54, 1.807) is 12.1 Å². The molecule has 8 heteroatoms. The summed E-state index contributed by atoms with van der Waals surface area (Å²) >= 11 is 0. The number of imidazole rings is 1. The number of nitro benzene ring substituents is 1. The lowest BCUT2D eigenvalue weighted by molar-refractivity contribution is -0.384. The number of nitrogens with zero attached hydrogens (tertiary/aromatic N) is 4. The van der Waals surface area contributed by atoms with Crippen molar-refractivity contribution in [3.8, 4) is 5.75 Å². The van der Waals surface area contributed by atoms with Crippen LogP contribution in [0.15, 0.2) is 48.5 Å². The van der Waals surface area contributed by atoms with E-state index >= 15 is 0 Å². The second kappa shape index (κ2) is 8.26. The first kappa shape index (κ1) is 18.2. The molecule has 2 aromatic carbocycles. The van der Waals surface area contributed by atoms with Crippen molar-refractivity contribution < 1.29 is 9.66 Å². The Morgan fingerprint density at radius 3 is 2.86 bits per heavy atom. The number of hydrogen-bond donors (Lipinski definition) is 1. The molecule has 1 saturated heterocycles. The molecule has 0 bridgehead atoms. The topological polar surface area (TPSA) is 87.5 Å². The molecule has 28 heavy (non-hydrogen) atoms. The standard InChI is InChI=1S/C20H23N5O3/c26-25(27)16-5-3-6-17(15-16)28-14-13-23-9-4-10-24(12-11-23)20-21-18-7-1-2-8-19(18)22-20/h1-3,5-8,15H,4,9-14H2,(H,21,22). The summed E-state index contributed by atoms with van der Waals surface area (Å²) in [5.74, 6) is 1.46. The number of nitrogens with one attached hydrogen (secondary N) is 1. The highest BCUT2D eigenvalue weighted by molar-refractivity contribution is 5.77. The van der Waals surface area contributed by atoms with Crippen LogP contribution in [0.5, 0.6) is 5.75 Å². The van der Waals surface area contributed by atoms with E-state index in [4.69, 9.17) is 9.72 Å². The fourth-order valence-electron chi connectivity index (χ4n) is 3.47. The minimum atomic E-state index is -0.408. The van der Waals surface area contributed by atoms with E-state index < -0.39 is 4.92 Å². The average Bonchev–Trinajstić information content (AvgIpc) is 3.00. The normalized spacial score (nSPS) is 15.5. The van der Waals surface area contributed by atoms with E-state index in [2.05, 4.69) is 14.8 Å². The van der Waals surface area contributed by atoms with E-state index in [-0.39, 0.29) is 5.69 Å². The van der Waals surface area contributed by atoms with E-state index in [1.165, 1.54) is 12.1 Å². The third kappa shape index (κ3) is 4.23. The first-order valence-electron chi connectivity index (χ1n) is 9.48. The van der Waals surface area contributed by atoms with Crippen molar-refractivity contribution in [3.05, 3.63) is 58.6 Å². The smallest absolute Gasteiger partial charge is 0.273 e. The number of hydrogen-bond acceptors (Lipinski definition) is 6. The highest BCUT2D eigenvalue weighted by atomic mass is 16.6. The lowest BCUT2D eigenvalue weighted by atomic mass is 10.3. The number of aromatic nitrogens is 2. The van der Waals surface area contributed by atoms with Crippen molar-refractivity contribution in [1.82, 2.24) is 14.9 Å². The first-order valence-corrected chi connectivity index (χ1v) is 9.48. The van der Waals surface area contributed by atoms with Crippen LogP contribution in [0, 0.1) is 10.1 Å². The average molecular weight is 381 g/mol. The second-order valence-corrected chi connectivity index (χ2v) is 6.86. The van der Waals surface area contributed by atoms with Crippen molar-refractivity contribution >= 4 is 22.7 Å². The largest absolute Gasteiger partial charge is 0.492 e. The van der Waals surface area contributed by atoms with Crippen LogP contribution < -0.4 is 9.64 Å². The Labute approximate surface area is 162 Å². The lowest BCUT2D eigenvalue weighted by Crippen LogP contribution is -2.33. The molecule has 3 aromatic rings. The van der Waals surface area contributed by atoms with Crippen LogP contribution in [0.3, 0.4) is 0 Å². The van der Waals surface area contributed by atoms with E-state index in [1.807, 2.05) is 24.3 Å². The maximum Gasteiger partial charge on any atom is 0.273 e. The molecule has 0 unspecified atom stereocenters. The Kier molecular flexibility index (Phi) is 5.38. The van der Waals surface area contributed by atoms with Crippen LogP contribution >= 0.6 is 0 Å². The fraction of sp³-hybridized carbons (Fsp3) is 0.350. The predicted octanol–water partition coefficient (Wildman–Crippen LogP) is 3.06. The molecular weight excluding hydrogens is 358 g/mol. The quantitative estimate of drug-likeness (QED) is 0.522. The highest BCUT2D eigenvalue weighted by Crippen LogP contribution is 2.20. The summed E-state index contributed by atoms with van der Waals surface area (Å²) in [5.41, 5.74) is 2.10. The molecule has 146 valence electrons. The Bertz CT molecular complexity index is 925. The third-order valence-electron chi connectivity index (χ3n) is 4.97. The molecule has 2 heterocycles. The SMILES string of the molecule is O=[N+]([O-])c1cccc(OCCN2CCCN(c3nc4ccccc4[nH]3)CC2)c1. The molecule has 1 aromatic heterocycles. The van der Waals surface area contributed by atoms with Gasteiger partial charge in [-0.05, 0) is 24.6 Å². The number of H-pyrrole nitrogens is 1. The van der Waals surface area contributed by atoms with Gasteiger partial charge in [0.05, 0.1) is 22.0 Å². The molecule has 0 radical (unpaired) electrons. The van der Waals surface area contributed by atoms with Gasteiger partial charge in [-0.3, -0.25) is 15.0 Å². The van der Waals surface area contributed by atoms with Crippen molar-refractivity contribution in [3.63, 3.8) is 0 Å². The molecule has 0 atom stereocenters. The van der Waals surface area contributed by atoms with Crippen LogP contribution in [0.25, 0.3) is 11.0 Å². The van der Waals surface area contributed by atoms with Crippen LogP contribution in [0.1, 0.15) is 6.42 Å². The summed E-state index contributed by atoms with van der Waals surface area (Å²) in [6, 6.07) is 14.4. The van der Waals surface area contributed by atoms with Crippen LogP contribution in [0.4, 0.5) is 11.6 Å². The van der Waals surface area contributed by atoms with E-state index in [0.29, 0.717) is 12.4 Å². The van der Waals surface area contributed by atoms with Crippen LogP contribution in [0.2, 0.25) is 0 Å². The van der Waals surface area contributed by atoms with Crippen molar-refractivity contribution in [2.24, 2.45) is 0 Å². The fourth-order valence-corrected chi connectivity index (χ4v) is 3.47. The number of rotatable bonds is 6. The Morgan fingerprint density at radius 2 is 2.00 bits per heavy atom. The van der Waals surface area contributed by atoms with Crippen LogP contribution in [-0.4, -0.2) is 59.1 Å². The van der Waals surface area contributed by atoms with Gasteiger partial charge in [-0.1, -0.05) is 18.2 Å². The Balaban J connectivity index is 1.29. The van der Waals surface area contributed by atoms with Gasteiger partial charge >= 0.3 is 0 Å². The zero-order valence-electron chi connectivity index (χ0n) is 15.6. The van der Waals surface area contributed by atoms with Gasteiger partial charge in [-0.15, -0.1) is 0 Å². The van der Waals surface area contributed by atoms with Crippen molar-refractivity contribution in [2.75, 3.05) is 44.2 Å². The van der Waals surface area contributed by atoms with Gasteiger partial charge in [0.1, 0.15) is 12.4 Å². The molecule has 1 fully saturated rings. The number of anilines is 1. The maximum absolute atomic E-state index is 10.8. The predicted molar refractivity (Wildman–Crippen MR) is 108 cm³/mol. The monoisotopic (exact) mass is 381 g/mol. The zero-order chi connectivity index (χ0) is 19.3. The number of aromatic amines is 1. The summed E-state index contributed by atoms with van der Waals surface area (Å²) in [6.07, 6.45) is 1.05. The lowest BCUT2D eigenvalue weighted by Gasteiger charge is -2.21. The first-order chi connectivity index (χ1) is 13.7. The molecule has 1 N–H and O–H groups in total.